The van der Waals surface area contributed by atoms with Crippen LogP contribution in [0.15, 0.2) is 30.3 Å². The van der Waals surface area contributed by atoms with Gasteiger partial charge in [-0.25, -0.2) is 0 Å². The molecule has 1 fully saturated rings. The number of carbonyl (C=O) groups excluding carboxylic acids is 1. The van der Waals surface area contributed by atoms with Gasteiger partial charge >= 0.3 is 0 Å². The van der Waals surface area contributed by atoms with Gasteiger partial charge in [-0.3, -0.25) is 9.69 Å². The highest BCUT2D eigenvalue weighted by Gasteiger charge is 2.25. The fourth-order valence-electron chi connectivity index (χ4n) is 2.54. The lowest BCUT2D eigenvalue weighted by atomic mass is 9.93. The number of rotatable bonds is 4. The van der Waals surface area contributed by atoms with E-state index in [1.54, 1.807) is 0 Å². The van der Waals surface area contributed by atoms with Crippen LogP contribution in [0.3, 0.4) is 0 Å². The summed E-state index contributed by atoms with van der Waals surface area (Å²) in [6, 6.07) is 10.7. The van der Waals surface area contributed by atoms with Crippen LogP contribution in [0.4, 0.5) is 0 Å². The van der Waals surface area contributed by atoms with Crippen LogP contribution in [-0.2, 0) is 11.2 Å². The van der Waals surface area contributed by atoms with Gasteiger partial charge in [0, 0.05) is 13.0 Å². The number of hydrogen-bond acceptors (Lipinski definition) is 2. The van der Waals surface area contributed by atoms with Crippen molar-refractivity contribution in [3.8, 4) is 0 Å². The van der Waals surface area contributed by atoms with Crippen molar-refractivity contribution in [1.29, 1.82) is 0 Å². The van der Waals surface area contributed by atoms with E-state index in [4.69, 9.17) is 0 Å². The molecule has 0 radical (unpaired) electrons. The SMILES string of the molecule is CN(CCc1ccccc1)C1CCCCC1=O. The Morgan fingerprint density at radius 2 is 2.00 bits per heavy atom. The summed E-state index contributed by atoms with van der Waals surface area (Å²) >= 11 is 0. The van der Waals surface area contributed by atoms with Gasteiger partial charge in [0.05, 0.1) is 6.04 Å². The van der Waals surface area contributed by atoms with Crippen molar-refractivity contribution in [3.63, 3.8) is 0 Å². The molecule has 2 rings (SSSR count). The van der Waals surface area contributed by atoms with E-state index < -0.39 is 0 Å². The van der Waals surface area contributed by atoms with Crippen LogP contribution in [0.2, 0.25) is 0 Å². The molecule has 17 heavy (non-hydrogen) atoms. The molecule has 1 aromatic carbocycles. The predicted octanol–water partition coefficient (Wildman–Crippen LogP) is 2.67. The maximum absolute atomic E-state index is 11.8. The highest BCUT2D eigenvalue weighted by atomic mass is 16.1. The average molecular weight is 231 g/mol. The van der Waals surface area contributed by atoms with Gasteiger partial charge in [-0.05, 0) is 31.9 Å². The van der Waals surface area contributed by atoms with Crippen LogP contribution >= 0.6 is 0 Å². The molecule has 0 bridgehead atoms. The highest BCUT2D eigenvalue weighted by Crippen LogP contribution is 2.18. The summed E-state index contributed by atoms with van der Waals surface area (Å²) in [6.45, 7) is 0.973. The number of carbonyl (C=O) groups is 1. The fourth-order valence-corrected chi connectivity index (χ4v) is 2.54. The Labute approximate surface area is 104 Å². The minimum Gasteiger partial charge on any atom is -0.298 e. The molecule has 0 amide bonds. The largest absolute Gasteiger partial charge is 0.298 e. The second-order valence-corrected chi connectivity index (χ2v) is 4.94. The lowest BCUT2D eigenvalue weighted by Crippen LogP contribution is -2.41. The highest BCUT2D eigenvalue weighted by molar-refractivity contribution is 5.84. The molecule has 0 N–H and O–H groups in total. The van der Waals surface area contributed by atoms with Crippen LogP contribution in [0.1, 0.15) is 31.2 Å². The number of benzene rings is 1. The summed E-state index contributed by atoms with van der Waals surface area (Å²) in [7, 11) is 2.08. The maximum atomic E-state index is 11.8. The first-order valence-electron chi connectivity index (χ1n) is 6.54. The minimum absolute atomic E-state index is 0.174. The van der Waals surface area contributed by atoms with E-state index in [-0.39, 0.29) is 6.04 Å². The standard InChI is InChI=1S/C15H21NO/c1-16(14-9-5-6-10-15(14)17)12-11-13-7-3-2-4-8-13/h2-4,7-8,14H,5-6,9-12H2,1H3. The van der Waals surface area contributed by atoms with Gasteiger partial charge in [0.1, 0.15) is 5.78 Å². The molecule has 1 atom stereocenters. The summed E-state index contributed by atoms with van der Waals surface area (Å²) in [5.74, 6) is 0.437. The van der Waals surface area contributed by atoms with Crippen molar-refractivity contribution in [1.82, 2.24) is 4.90 Å². The molecule has 2 heteroatoms. The summed E-state index contributed by atoms with van der Waals surface area (Å²) in [5.41, 5.74) is 1.35. The summed E-state index contributed by atoms with van der Waals surface area (Å²) < 4.78 is 0. The van der Waals surface area contributed by atoms with Crippen molar-refractivity contribution >= 4 is 5.78 Å². The van der Waals surface area contributed by atoms with Gasteiger partial charge in [-0.2, -0.15) is 0 Å². The number of hydrogen-bond donors (Lipinski definition) is 0. The molecular formula is C15H21NO. The molecule has 0 saturated heterocycles. The van der Waals surface area contributed by atoms with E-state index in [9.17, 15) is 4.79 Å². The molecule has 1 saturated carbocycles. The fraction of sp³-hybridized carbons (Fsp3) is 0.533. The Morgan fingerprint density at radius 1 is 1.24 bits per heavy atom. The first-order valence-corrected chi connectivity index (χ1v) is 6.54. The third kappa shape index (κ3) is 3.40. The normalized spacial score (nSPS) is 20.8. The maximum Gasteiger partial charge on any atom is 0.149 e. The predicted molar refractivity (Wildman–Crippen MR) is 70.0 cm³/mol. The molecule has 1 aliphatic rings. The number of Topliss-reactive ketones (excluding diaryl/α,β-unsaturated/α-hetero) is 1. The van der Waals surface area contributed by atoms with Crippen LogP contribution in [0.5, 0.6) is 0 Å². The van der Waals surface area contributed by atoms with E-state index in [0.717, 1.165) is 32.2 Å². The number of likely N-dealkylation sites (N-methyl/N-ethyl adjacent to an activating group) is 1. The molecule has 1 unspecified atom stereocenters. The van der Waals surface area contributed by atoms with Gasteiger partial charge in [-0.1, -0.05) is 36.8 Å². The topological polar surface area (TPSA) is 20.3 Å². The van der Waals surface area contributed by atoms with Crippen LogP contribution < -0.4 is 0 Å². The Hall–Kier alpha value is -1.15. The molecule has 0 heterocycles. The van der Waals surface area contributed by atoms with E-state index >= 15 is 0 Å². The molecule has 1 aliphatic carbocycles. The second-order valence-electron chi connectivity index (χ2n) is 4.94. The van der Waals surface area contributed by atoms with E-state index in [1.807, 2.05) is 6.07 Å². The first-order chi connectivity index (χ1) is 8.27. The molecular weight excluding hydrogens is 210 g/mol. The Morgan fingerprint density at radius 3 is 2.71 bits per heavy atom. The van der Waals surface area contributed by atoms with Gasteiger partial charge in [0.15, 0.2) is 0 Å². The summed E-state index contributed by atoms with van der Waals surface area (Å²) in [5, 5.41) is 0. The zero-order valence-electron chi connectivity index (χ0n) is 10.6. The van der Waals surface area contributed by atoms with Crippen LogP contribution in [-0.4, -0.2) is 30.3 Å². The van der Waals surface area contributed by atoms with Crippen molar-refractivity contribution in [2.75, 3.05) is 13.6 Å². The lowest BCUT2D eigenvalue weighted by Gasteiger charge is -2.29. The summed E-state index contributed by atoms with van der Waals surface area (Å²) in [6.07, 6.45) is 5.14. The zero-order chi connectivity index (χ0) is 12.1. The monoisotopic (exact) mass is 231 g/mol. The molecule has 1 aromatic rings. The molecule has 2 nitrogen and oxygen atoms in total. The number of nitrogens with zero attached hydrogens (tertiary/aromatic N) is 1. The Bertz CT molecular complexity index is 360. The van der Waals surface area contributed by atoms with Crippen molar-refractivity contribution < 1.29 is 4.79 Å². The molecule has 0 spiro atoms. The van der Waals surface area contributed by atoms with Gasteiger partial charge in [-0.15, -0.1) is 0 Å². The van der Waals surface area contributed by atoms with Crippen molar-refractivity contribution in [2.45, 2.75) is 38.1 Å². The Balaban J connectivity index is 1.84. The van der Waals surface area contributed by atoms with E-state index in [1.165, 1.54) is 12.0 Å². The quantitative estimate of drug-likeness (QED) is 0.794. The summed E-state index contributed by atoms with van der Waals surface area (Å²) in [4.78, 5) is 14.0. The second kappa shape index (κ2) is 5.97. The van der Waals surface area contributed by atoms with Gasteiger partial charge in [0.2, 0.25) is 0 Å². The first kappa shape index (κ1) is 12.3. The van der Waals surface area contributed by atoms with E-state index in [0.29, 0.717) is 5.78 Å². The van der Waals surface area contributed by atoms with E-state index in [2.05, 4.69) is 36.2 Å². The van der Waals surface area contributed by atoms with Gasteiger partial charge in [0.25, 0.3) is 0 Å². The van der Waals surface area contributed by atoms with Crippen LogP contribution in [0, 0.1) is 0 Å². The van der Waals surface area contributed by atoms with Crippen molar-refractivity contribution in [3.05, 3.63) is 35.9 Å². The lowest BCUT2D eigenvalue weighted by molar-refractivity contribution is -0.125. The van der Waals surface area contributed by atoms with Crippen LogP contribution in [0.25, 0.3) is 0 Å². The van der Waals surface area contributed by atoms with Crippen molar-refractivity contribution in [2.24, 2.45) is 0 Å². The molecule has 92 valence electrons. The average Bonchev–Trinajstić information content (AvgIpc) is 2.38. The minimum atomic E-state index is 0.174. The molecule has 0 aliphatic heterocycles. The molecule has 0 aromatic heterocycles. The zero-order valence-corrected chi connectivity index (χ0v) is 10.6. The third-order valence-electron chi connectivity index (χ3n) is 3.65. The smallest absolute Gasteiger partial charge is 0.149 e. The number of ketones is 1. The third-order valence-corrected chi connectivity index (χ3v) is 3.65. The van der Waals surface area contributed by atoms with Gasteiger partial charge < -0.3 is 0 Å². The Kier molecular flexibility index (Phi) is 4.32.